The fourth-order valence-electron chi connectivity index (χ4n) is 6.46. The zero-order chi connectivity index (χ0) is 40.9. The Balaban J connectivity index is 1.13. The molecule has 0 unspecified atom stereocenters. The van der Waals surface area contributed by atoms with Crippen LogP contribution in [0.4, 0.5) is 53.3 Å². The van der Waals surface area contributed by atoms with Gasteiger partial charge in [-0.25, -0.2) is 47.7 Å². The second-order valence-electron chi connectivity index (χ2n) is 14.3. The van der Waals surface area contributed by atoms with Crippen LogP contribution in [0.3, 0.4) is 0 Å². The van der Waals surface area contributed by atoms with Gasteiger partial charge in [-0.05, 0) is 72.8 Å². The van der Waals surface area contributed by atoms with Crippen LogP contribution < -0.4 is 28.5 Å². The highest BCUT2D eigenvalue weighted by atomic mass is 31.2. The summed E-state index contributed by atoms with van der Waals surface area (Å²) < 4.78 is 19.7. The van der Waals surface area contributed by atoms with Gasteiger partial charge in [-0.2, -0.15) is 0 Å². The van der Waals surface area contributed by atoms with Crippen molar-refractivity contribution in [1.29, 1.82) is 0 Å². The monoisotopic (exact) mass is 822 g/mol. The maximum atomic E-state index is 14.6. The number of urea groups is 4. The molecule has 59 heavy (non-hydrogen) atoms. The molecule has 8 amide bonds. The van der Waals surface area contributed by atoms with Crippen LogP contribution in [0.5, 0.6) is 0 Å². The van der Waals surface area contributed by atoms with Crippen molar-refractivity contribution in [3.05, 3.63) is 182 Å². The number of rotatable bonds is 12. The van der Waals surface area contributed by atoms with Gasteiger partial charge < -0.3 is 9.05 Å². The molecule has 0 radical (unpaired) electrons. The van der Waals surface area contributed by atoms with Gasteiger partial charge in [0.15, 0.2) is 0 Å². The summed E-state index contributed by atoms with van der Waals surface area (Å²) in [5, 5.41) is 0. The number of nitrogens with zero attached hydrogens (tertiary/aromatic N) is 6. The second kappa shape index (κ2) is 17.2. The third-order valence-corrected chi connectivity index (χ3v) is 13.0. The average Bonchev–Trinajstić information content (AvgIpc) is 3.27. The smallest absolute Gasteiger partial charge is 0.321 e. The molecule has 0 bridgehead atoms. The van der Waals surface area contributed by atoms with Gasteiger partial charge in [-0.1, -0.05) is 123 Å². The average molecular weight is 823 g/mol. The van der Waals surface area contributed by atoms with E-state index in [4.69, 9.17) is 9.05 Å². The number of amides is 8. The highest BCUT2D eigenvalue weighted by Crippen LogP contribution is 2.57. The molecule has 8 rings (SSSR count). The summed E-state index contributed by atoms with van der Waals surface area (Å²) in [4.78, 5) is 60.5. The largest absolute Gasteiger partial charge is 0.343 e. The first-order valence-electron chi connectivity index (χ1n) is 18.9. The topological polar surface area (TPSA) is 106 Å². The van der Waals surface area contributed by atoms with E-state index in [1.165, 1.54) is 18.7 Å². The summed E-state index contributed by atoms with van der Waals surface area (Å²) in [5.74, 6) is 0. The molecular formula is C45H40N6O6P2. The minimum absolute atomic E-state index is 0.0230. The lowest BCUT2D eigenvalue weighted by Crippen LogP contribution is -2.57. The first-order chi connectivity index (χ1) is 28.7. The molecule has 0 spiro atoms. The maximum Gasteiger partial charge on any atom is 0.343 e. The standard InChI is InChI=1S/C45H40N6O6P2/c1-45(2,33-56-58-48(37-25-13-5-14-26-37)41(52)46(35-21-9-3-10-22-35)42(53)49(58)38-27-15-6-16-28-38)34-57-59-50(39-29-17-7-18-30-39)43(54)47(36-23-11-4-12-24-36)44(55)51(59)40-31-19-8-20-32-40/h3-32H,33-34H2,1-2H3. The predicted octanol–water partition coefficient (Wildman–Crippen LogP) is 12.0. The van der Waals surface area contributed by atoms with Crippen molar-refractivity contribution in [3.8, 4) is 0 Å². The molecule has 0 aliphatic carbocycles. The SMILES string of the molecule is CC(C)(COP1N(c2ccccc2)C(=O)N(c2ccccc2)C(=O)N1c1ccccc1)COP1N(c2ccccc2)C(=O)N(c2ccccc2)C(=O)N1c1ccccc1. The minimum atomic E-state index is -2.13. The van der Waals surface area contributed by atoms with E-state index in [0.29, 0.717) is 34.1 Å². The number of imide groups is 2. The predicted molar refractivity (Wildman–Crippen MR) is 235 cm³/mol. The van der Waals surface area contributed by atoms with E-state index in [0.717, 1.165) is 9.80 Å². The third-order valence-electron chi connectivity index (χ3n) is 9.35. The van der Waals surface area contributed by atoms with E-state index < -0.39 is 46.4 Å². The van der Waals surface area contributed by atoms with Gasteiger partial charge in [-0.15, -0.1) is 0 Å². The Morgan fingerprint density at radius 1 is 0.356 bits per heavy atom. The minimum Gasteiger partial charge on any atom is -0.321 e. The summed E-state index contributed by atoms with van der Waals surface area (Å²) in [7, 11) is -4.27. The quantitative estimate of drug-likeness (QED) is 0.114. The first-order valence-corrected chi connectivity index (χ1v) is 21.2. The summed E-state index contributed by atoms with van der Waals surface area (Å²) in [6.45, 7) is 3.92. The van der Waals surface area contributed by atoms with Gasteiger partial charge in [-0.3, -0.25) is 0 Å². The van der Waals surface area contributed by atoms with Gasteiger partial charge >= 0.3 is 24.1 Å². The molecule has 6 aromatic rings. The first kappa shape index (κ1) is 39.4. The number of carbonyl (C=O) groups is 4. The molecule has 2 fully saturated rings. The third kappa shape index (κ3) is 8.04. The normalized spacial score (nSPS) is 15.7. The zero-order valence-electron chi connectivity index (χ0n) is 32.3. The number of benzene rings is 6. The van der Waals surface area contributed by atoms with Crippen molar-refractivity contribution >= 4 is 75.1 Å². The number of carbonyl (C=O) groups excluding carboxylic acids is 4. The van der Waals surface area contributed by atoms with E-state index in [-0.39, 0.29) is 13.2 Å². The summed E-state index contributed by atoms with van der Waals surface area (Å²) in [6.07, 6.45) is 0. The van der Waals surface area contributed by atoms with Crippen LogP contribution in [0.2, 0.25) is 0 Å². The van der Waals surface area contributed by atoms with E-state index in [1.54, 1.807) is 48.5 Å². The number of hydrogen-bond donors (Lipinski definition) is 0. The highest BCUT2D eigenvalue weighted by Gasteiger charge is 2.51. The Hall–Kier alpha value is -6.42. The van der Waals surface area contributed by atoms with Crippen LogP contribution >= 0.6 is 16.9 Å². The van der Waals surface area contributed by atoms with Gasteiger partial charge in [0.2, 0.25) is 0 Å². The molecule has 6 aromatic carbocycles. The van der Waals surface area contributed by atoms with Crippen LogP contribution in [-0.4, -0.2) is 37.3 Å². The van der Waals surface area contributed by atoms with Crippen LogP contribution in [0, 0.1) is 5.41 Å². The van der Waals surface area contributed by atoms with Gasteiger partial charge in [0.1, 0.15) is 0 Å². The van der Waals surface area contributed by atoms with Gasteiger partial charge in [0.05, 0.1) is 47.3 Å². The van der Waals surface area contributed by atoms with E-state index in [9.17, 15) is 19.2 Å². The molecule has 0 saturated carbocycles. The lowest BCUT2D eigenvalue weighted by atomic mass is 9.97. The molecule has 0 N–H and O–H groups in total. The molecule has 12 nitrogen and oxygen atoms in total. The molecule has 2 saturated heterocycles. The van der Waals surface area contributed by atoms with Crippen molar-refractivity contribution in [2.45, 2.75) is 13.8 Å². The van der Waals surface area contributed by atoms with Crippen molar-refractivity contribution in [2.24, 2.45) is 5.41 Å². The lowest BCUT2D eigenvalue weighted by molar-refractivity contribution is 0.124. The number of anilines is 6. The Morgan fingerprint density at radius 2 is 0.559 bits per heavy atom. The van der Waals surface area contributed by atoms with E-state index >= 15 is 0 Å². The Bertz CT molecular complexity index is 2120. The molecule has 2 aliphatic heterocycles. The van der Waals surface area contributed by atoms with Crippen molar-refractivity contribution < 1.29 is 28.2 Å². The fraction of sp³-hybridized carbons (Fsp3) is 0.111. The van der Waals surface area contributed by atoms with Crippen molar-refractivity contribution in [3.63, 3.8) is 0 Å². The summed E-state index contributed by atoms with van der Waals surface area (Å²) in [5.41, 5.74) is 2.26. The molecule has 2 heterocycles. The summed E-state index contributed by atoms with van der Waals surface area (Å²) in [6, 6.07) is 51.9. The Labute approximate surface area is 345 Å². The number of hydrogen-bond acceptors (Lipinski definition) is 6. The molecule has 14 heteroatoms. The Kier molecular flexibility index (Phi) is 11.5. The molecular weight excluding hydrogens is 782 g/mol. The second-order valence-corrected chi connectivity index (χ2v) is 17.4. The zero-order valence-corrected chi connectivity index (χ0v) is 34.1. The van der Waals surface area contributed by atoms with Crippen molar-refractivity contribution in [1.82, 2.24) is 0 Å². The van der Waals surface area contributed by atoms with Crippen LogP contribution in [0.1, 0.15) is 13.8 Å². The van der Waals surface area contributed by atoms with Gasteiger partial charge in [0.25, 0.3) is 16.9 Å². The van der Waals surface area contributed by atoms with Crippen LogP contribution in [-0.2, 0) is 9.05 Å². The fourth-order valence-corrected chi connectivity index (χ4v) is 10.5. The summed E-state index contributed by atoms with van der Waals surface area (Å²) >= 11 is 0. The molecule has 0 atom stereocenters. The van der Waals surface area contributed by atoms with Crippen molar-refractivity contribution in [2.75, 3.05) is 41.7 Å². The van der Waals surface area contributed by atoms with Crippen LogP contribution in [0.25, 0.3) is 0 Å². The maximum absolute atomic E-state index is 14.6. The Morgan fingerprint density at radius 3 is 0.780 bits per heavy atom. The highest BCUT2D eigenvalue weighted by molar-refractivity contribution is 7.59. The van der Waals surface area contributed by atoms with E-state index in [2.05, 4.69) is 0 Å². The van der Waals surface area contributed by atoms with E-state index in [1.807, 2.05) is 147 Å². The molecule has 2 aliphatic rings. The number of para-hydroxylation sites is 6. The van der Waals surface area contributed by atoms with Crippen LogP contribution in [0.15, 0.2) is 182 Å². The molecule has 0 aromatic heterocycles. The lowest BCUT2D eigenvalue weighted by Gasteiger charge is -2.46. The molecule has 296 valence electrons. The van der Waals surface area contributed by atoms with Gasteiger partial charge in [0, 0.05) is 5.41 Å².